The van der Waals surface area contributed by atoms with Gasteiger partial charge in [0.25, 0.3) is 0 Å². The first-order valence-electron chi connectivity index (χ1n) is 4.79. The Balaban J connectivity index is 1.70. The molecule has 0 aliphatic carbocycles. The third-order valence-electron chi connectivity index (χ3n) is 2.00. The van der Waals surface area contributed by atoms with Gasteiger partial charge in [0.1, 0.15) is 0 Å². The van der Waals surface area contributed by atoms with Crippen LogP contribution in [0.3, 0.4) is 0 Å². The minimum atomic E-state index is 0.980. The van der Waals surface area contributed by atoms with Crippen LogP contribution in [-0.4, -0.2) is 36.1 Å². The molecular formula is C9H19NS2. The molecule has 0 aromatic carbocycles. The van der Waals surface area contributed by atoms with Crippen LogP contribution in [0.1, 0.15) is 13.3 Å². The summed E-state index contributed by atoms with van der Waals surface area (Å²) in [5, 5.41) is 3.30. The zero-order valence-electron chi connectivity index (χ0n) is 7.84. The van der Waals surface area contributed by atoms with Gasteiger partial charge in [-0.3, -0.25) is 0 Å². The second-order valence-electron chi connectivity index (χ2n) is 3.15. The number of hydrogen-bond donors (Lipinski definition) is 1. The zero-order valence-corrected chi connectivity index (χ0v) is 9.48. The van der Waals surface area contributed by atoms with E-state index in [1.165, 1.54) is 42.5 Å². The quantitative estimate of drug-likeness (QED) is 0.639. The second-order valence-corrected chi connectivity index (χ2v) is 5.69. The van der Waals surface area contributed by atoms with Gasteiger partial charge in [-0.05, 0) is 48.4 Å². The Morgan fingerprint density at radius 3 is 2.58 bits per heavy atom. The molecule has 1 aliphatic heterocycles. The molecule has 3 heteroatoms. The summed E-state index contributed by atoms with van der Waals surface area (Å²) in [6, 6.07) is 0. The number of hydrogen-bond acceptors (Lipinski definition) is 3. The van der Waals surface area contributed by atoms with Crippen molar-refractivity contribution in [3.8, 4) is 0 Å². The molecule has 72 valence electrons. The number of thioether (sulfide) groups is 2. The van der Waals surface area contributed by atoms with Gasteiger partial charge in [-0.2, -0.15) is 23.5 Å². The molecule has 1 fully saturated rings. The van der Waals surface area contributed by atoms with Crippen LogP contribution in [-0.2, 0) is 0 Å². The molecule has 1 aliphatic rings. The van der Waals surface area contributed by atoms with E-state index in [1.807, 2.05) is 0 Å². The van der Waals surface area contributed by atoms with Crippen molar-refractivity contribution in [2.45, 2.75) is 13.3 Å². The summed E-state index contributed by atoms with van der Waals surface area (Å²) in [6.07, 6.45) is 1.39. The third-order valence-corrected chi connectivity index (χ3v) is 4.27. The SMILES string of the molecule is CCSCCCSCC1CNC1. The molecule has 0 radical (unpaired) electrons. The molecule has 0 aromatic rings. The lowest BCUT2D eigenvalue weighted by Crippen LogP contribution is -2.43. The highest BCUT2D eigenvalue weighted by Crippen LogP contribution is 2.14. The molecule has 0 unspecified atom stereocenters. The molecule has 0 amide bonds. The smallest absolute Gasteiger partial charge is 0.0000326 e. The van der Waals surface area contributed by atoms with E-state index in [0.717, 1.165) is 5.92 Å². The summed E-state index contributed by atoms with van der Waals surface area (Å²) in [7, 11) is 0. The summed E-state index contributed by atoms with van der Waals surface area (Å²) in [5.41, 5.74) is 0. The monoisotopic (exact) mass is 205 g/mol. The second kappa shape index (κ2) is 7.10. The predicted molar refractivity (Wildman–Crippen MR) is 61.3 cm³/mol. The van der Waals surface area contributed by atoms with E-state index in [2.05, 4.69) is 35.8 Å². The molecule has 0 saturated carbocycles. The van der Waals surface area contributed by atoms with Crippen LogP contribution in [0.5, 0.6) is 0 Å². The fourth-order valence-corrected chi connectivity index (χ4v) is 3.03. The van der Waals surface area contributed by atoms with E-state index in [0.29, 0.717) is 0 Å². The topological polar surface area (TPSA) is 12.0 Å². The fourth-order valence-electron chi connectivity index (χ4n) is 1.12. The zero-order chi connectivity index (χ0) is 8.65. The van der Waals surface area contributed by atoms with Crippen molar-refractivity contribution in [1.82, 2.24) is 5.32 Å². The van der Waals surface area contributed by atoms with Crippen LogP contribution in [0.15, 0.2) is 0 Å². The van der Waals surface area contributed by atoms with Gasteiger partial charge in [-0.25, -0.2) is 0 Å². The highest BCUT2D eigenvalue weighted by atomic mass is 32.2. The highest BCUT2D eigenvalue weighted by molar-refractivity contribution is 8.00. The van der Waals surface area contributed by atoms with Crippen molar-refractivity contribution in [2.75, 3.05) is 36.1 Å². The van der Waals surface area contributed by atoms with Gasteiger partial charge in [0, 0.05) is 0 Å². The van der Waals surface area contributed by atoms with Crippen molar-refractivity contribution in [1.29, 1.82) is 0 Å². The van der Waals surface area contributed by atoms with Gasteiger partial charge in [0.2, 0.25) is 0 Å². The lowest BCUT2D eigenvalue weighted by Gasteiger charge is -2.26. The largest absolute Gasteiger partial charge is 0.316 e. The minimum Gasteiger partial charge on any atom is -0.316 e. The van der Waals surface area contributed by atoms with Crippen LogP contribution in [0.25, 0.3) is 0 Å². The lowest BCUT2D eigenvalue weighted by atomic mass is 10.1. The van der Waals surface area contributed by atoms with Crippen LogP contribution >= 0.6 is 23.5 Å². The molecule has 0 aromatic heterocycles. The number of rotatable bonds is 7. The lowest BCUT2D eigenvalue weighted by molar-refractivity contribution is 0.385. The van der Waals surface area contributed by atoms with Crippen molar-refractivity contribution < 1.29 is 0 Å². The predicted octanol–water partition coefficient (Wildman–Crippen LogP) is 2.08. The van der Waals surface area contributed by atoms with E-state index < -0.39 is 0 Å². The first kappa shape index (κ1) is 10.7. The summed E-state index contributed by atoms with van der Waals surface area (Å²) in [5.74, 6) is 6.35. The molecule has 0 bridgehead atoms. The Bertz CT molecular complexity index is 105. The summed E-state index contributed by atoms with van der Waals surface area (Å²) >= 11 is 4.20. The van der Waals surface area contributed by atoms with Crippen LogP contribution in [0.2, 0.25) is 0 Å². The highest BCUT2D eigenvalue weighted by Gasteiger charge is 2.15. The van der Waals surface area contributed by atoms with E-state index in [4.69, 9.17) is 0 Å². The van der Waals surface area contributed by atoms with Gasteiger partial charge in [-0.15, -0.1) is 0 Å². The molecule has 1 rings (SSSR count). The average Bonchev–Trinajstić information content (AvgIpc) is 2.00. The maximum Gasteiger partial charge on any atom is -0.0000326 e. The van der Waals surface area contributed by atoms with Crippen molar-refractivity contribution in [2.24, 2.45) is 5.92 Å². The van der Waals surface area contributed by atoms with Crippen LogP contribution in [0, 0.1) is 5.92 Å². The van der Waals surface area contributed by atoms with E-state index >= 15 is 0 Å². The summed E-state index contributed by atoms with van der Waals surface area (Å²) < 4.78 is 0. The molecule has 1 heterocycles. The third kappa shape index (κ3) is 4.63. The van der Waals surface area contributed by atoms with Crippen molar-refractivity contribution >= 4 is 23.5 Å². The maximum atomic E-state index is 3.30. The molecule has 1 nitrogen and oxygen atoms in total. The maximum absolute atomic E-state index is 3.30. The minimum absolute atomic E-state index is 0.980. The Kier molecular flexibility index (Phi) is 6.35. The normalized spacial score (nSPS) is 17.8. The Morgan fingerprint density at radius 2 is 2.00 bits per heavy atom. The molecule has 1 N–H and O–H groups in total. The van der Waals surface area contributed by atoms with E-state index in [-0.39, 0.29) is 0 Å². The molecule has 12 heavy (non-hydrogen) atoms. The van der Waals surface area contributed by atoms with Gasteiger partial charge in [0.15, 0.2) is 0 Å². The molecule has 0 atom stereocenters. The van der Waals surface area contributed by atoms with Crippen molar-refractivity contribution in [3.05, 3.63) is 0 Å². The van der Waals surface area contributed by atoms with Crippen LogP contribution < -0.4 is 5.32 Å². The Morgan fingerprint density at radius 1 is 1.25 bits per heavy atom. The summed E-state index contributed by atoms with van der Waals surface area (Å²) in [6.45, 7) is 4.76. The Labute approximate surface area is 84.4 Å². The van der Waals surface area contributed by atoms with Gasteiger partial charge in [0.05, 0.1) is 0 Å². The molecular weight excluding hydrogens is 186 g/mol. The standard InChI is InChI=1S/C9H19NS2/c1-2-11-4-3-5-12-8-9-6-10-7-9/h9-10H,2-8H2,1H3. The van der Waals surface area contributed by atoms with E-state index in [1.54, 1.807) is 0 Å². The summed E-state index contributed by atoms with van der Waals surface area (Å²) in [4.78, 5) is 0. The Hall–Kier alpha value is 0.660. The molecule has 0 spiro atoms. The number of nitrogens with one attached hydrogen (secondary N) is 1. The average molecular weight is 205 g/mol. The first-order valence-corrected chi connectivity index (χ1v) is 7.10. The molecule has 1 saturated heterocycles. The first-order chi connectivity index (χ1) is 5.93. The van der Waals surface area contributed by atoms with E-state index in [9.17, 15) is 0 Å². The van der Waals surface area contributed by atoms with Gasteiger partial charge >= 0.3 is 0 Å². The van der Waals surface area contributed by atoms with Crippen LogP contribution in [0.4, 0.5) is 0 Å². The van der Waals surface area contributed by atoms with Crippen molar-refractivity contribution in [3.63, 3.8) is 0 Å². The fraction of sp³-hybridized carbons (Fsp3) is 1.00. The van der Waals surface area contributed by atoms with Gasteiger partial charge < -0.3 is 5.32 Å². The van der Waals surface area contributed by atoms with Gasteiger partial charge in [-0.1, -0.05) is 6.92 Å².